The topological polar surface area (TPSA) is 68.0 Å². The average Bonchev–Trinajstić information content (AvgIpc) is 2.40. The van der Waals surface area contributed by atoms with Crippen LogP contribution in [0, 0.1) is 0 Å². The summed E-state index contributed by atoms with van der Waals surface area (Å²) in [7, 11) is 0. The van der Waals surface area contributed by atoms with E-state index in [4.69, 9.17) is 17.3 Å². The van der Waals surface area contributed by atoms with Crippen molar-refractivity contribution in [1.29, 1.82) is 0 Å². The third-order valence-electron chi connectivity index (χ3n) is 2.46. The van der Waals surface area contributed by atoms with Crippen molar-refractivity contribution < 1.29 is 4.79 Å². The number of nitrogens with zero attached hydrogens (tertiary/aromatic N) is 1. The molecule has 1 aromatic heterocycles. The summed E-state index contributed by atoms with van der Waals surface area (Å²) < 4.78 is 0. The number of amides is 1. The van der Waals surface area contributed by atoms with Crippen LogP contribution in [-0.2, 0) is 6.54 Å². The molecule has 2 rings (SSSR count). The molecule has 0 unspecified atom stereocenters. The number of aromatic nitrogens is 1. The van der Waals surface area contributed by atoms with Gasteiger partial charge in [0.2, 0.25) is 0 Å². The fourth-order valence-electron chi connectivity index (χ4n) is 1.50. The zero-order valence-corrected chi connectivity index (χ0v) is 10.3. The summed E-state index contributed by atoms with van der Waals surface area (Å²) in [6, 6.07) is 8.49. The number of pyridine rings is 1. The number of nitrogen functional groups attached to an aromatic ring is 1. The van der Waals surface area contributed by atoms with E-state index in [1.165, 1.54) is 0 Å². The summed E-state index contributed by atoms with van der Waals surface area (Å²) in [5.41, 5.74) is 7.50. The molecule has 0 saturated carbocycles. The molecule has 0 bridgehead atoms. The molecule has 3 N–H and O–H groups in total. The minimum absolute atomic E-state index is 0.244. The number of rotatable bonds is 3. The Hall–Kier alpha value is -2.07. The van der Waals surface area contributed by atoms with Crippen LogP contribution in [0.25, 0.3) is 0 Å². The van der Waals surface area contributed by atoms with Gasteiger partial charge in [-0.2, -0.15) is 0 Å². The number of carbonyl (C=O) groups excluding carboxylic acids is 1. The second kappa shape index (κ2) is 5.51. The molecule has 0 fully saturated rings. The Morgan fingerprint density at radius 2 is 2.00 bits per heavy atom. The number of anilines is 1. The normalized spacial score (nSPS) is 10.1. The van der Waals surface area contributed by atoms with E-state index in [2.05, 4.69) is 10.3 Å². The van der Waals surface area contributed by atoms with Crippen molar-refractivity contribution in [3.8, 4) is 0 Å². The molecule has 4 nitrogen and oxygen atoms in total. The van der Waals surface area contributed by atoms with E-state index in [1.807, 2.05) is 12.1 Å². The SMILES string of the molecule is Nc1ccc(Cl)cc1C(=O)NCc1ccncc1. The summed E-state index contributed by atoms with van der Waals surface area (Å²) in [6.45, 7) is 0.424. The van der Waals surface area contributed by atoms with E-state index in [-0.39, 0.29) is 5.91 Å². The van der Waals surface area contributed by atoms with E-state index >= 15 is 0 Å². The highest BCUT2D eigenvalue weighted by Crippen LogP contribution is 2.17. The Balaban J connectivity index is 2.06. The molecule has 0 aliphatic heterocycles. The molecule has 1 amide bonds. The molecule has 0 saturated heterocycles. The summed E-state index contributed by atoms with van der Waals surface area (Å²) in [5.74, 6) is -0.244. The predicted molar refractivity (Wildman–Crippen MR) is 71.3 cm³/mol. The molecule has 0 aliphatic rings. The minimum Gasteiger partial charge on any atom is -0.398 e. The van der Waals surface area contributed by atoms with Gasteiger partial charge in [-0.1, -0.05) is 11.6 Å². The number of hydrogen-bond donors (Lipinski definition) is 2. The van der Waals surface area contributed by atoms with Crippen molar-refractivity contribution in [2.45, 2.75) is 6.54 Å². The number of hydrogen-bond acceptors (Lipinski definition) is 3. The Morgan fingerprint density at radius 3 is 2.72 bits per heavy atom. The lowest BCUT2D eigenvalue weighted by atomic mass is 10.1. The van der Waals surface area contributed by atoms with Gasteiger partial charge in [-0.15, -0.1) is 0 Å². The molecule has 0 atom stereocenters. The first-order chi connectivity index (χ1) is 8.66. The van der Waals surface area contributed by atoms with Crippen molar-refractivity contribution in [2.24, 2.45) is 0 Å². The molecule has 5 heteroatoms. The van der Waals surface area contributed by atoms with Gasteiger partial charge in [-0.05, 0) is 35.9 Å². The molecule has 0 aliphatic carbocycles. The average molecular weight is 262 g/mol. The molecule has 1 aromatic carbocycles. The van der Waals surface area contributed by atoms with E-state index in [1.54, 1.807) is 30.6 Å². The van der Waals surface area contributed by atoms with Gasteiger partial charge in [0.25, 0.3) is 5.91 Å². The Labute approximate surface area is 110 Å². The summed E-state index contributed by atoms with van der Waals surface area (Å²) in [5, 5.41) is 3.26. The van der Waals surface area contributed by atoms with Crippen molar-refractivity contribution in [2.75, 3.05) is 5.73 Å². The fraction of sp³-hybridized carbons (Fsp3) is 0.0769. The fourth-order valence-corrected chi connectivity index (χ4v) is 1.68. The van der Waals surface area contributed by atoms with E-state index in [0.29, 0.717) is 22.8 Å². The van der Waals surface area contributed by atoms with Gasteiger partial charge < -0.3 is 11.1 Å². The smallest absolute Gasteiger partial charge is 0.253 e. The van der Waals surface area contributed by atoms with Gasteiger partial charge in [0.1, 0.15) is 0 Å². The Kier molecular flexibility index (Phi) is 3.79. The standard InChI is InChI=1S/C13H12ClN3O/c14-10-1-2-12(15)11(7-10)13(18)17-8-9-3-5-16-6-4-9/h1-7H,8,15H2,(H,17,18). The van der Waals surface area contributed by atoms with Gasteiger partial charge in [-0.3, -0.25) is 9.78 Å². The second-order valence-electron chi connectivity index (χ2n) is 3.77. The maximum atomic E-state index is 11.9. The predicted octanol–water partition coefficient (Wildman–Crippen LogP) is 2.25. The number of benzene rings is 1. The van der Waals surface area contributed by atoms with Gasteiger partial charge in [0.05, 0.1) is 5.56 Å². The molecule has 1 heterocycles. The van der Waals surface area contributed by atoms with E-state index in [0.717, 1.165) is 5.56 Å². The third-order valence-corrected chi connectivity index (χ3v) is 2.70. The van der Waals surface area contributed by atoms with Crippen molar-refractivity contribution in [3.63, 3.8) is 0 Å². The number of nitrogens with one attached hydrogen (secondary N) is 1. The first kappa shape index (κ1) is 12.4. The largest absolute Gasteiger partial charge is 0.398 e. The van der Waals surface area contributed by atoms with Crippen LogP contribution >= 0.6 is 11.6 Å². The molecule has 2 aromatic rings. The first-order valence-electron chi connectivity index (χ1n) is 5.39. The van der Waals surface area contributed by atoms with Crippen LogP contribution in [0.15, 0.2) is 42.7 Å². The molecular formula is C13H12ClN3O. The zero-order valence-electron chi connectivity index (χ0n) is 9.56. The van der Waals surface area contributed by atoms with Crippen molar-refractivity contribution in [3.05, 3.63) is 58.9 Å². The van der Waals surface area contributed by atoms with Crippen molar-refractivity contribution in [1.82, 2.24) is 10.3 Å². The van der Waals surface area contributed by atoms with Crippen LogP contribution in [-0.4, -0.2) is 10.9 Å². The summed E-state index contributed by atoms with van der Waals surface area (Å²) in [4.78, 5) is 15.8. The van der Waals surface area contributed by atoms with Gasteiger partial charge in [-0.25, -0.2) is 0 Å². The van der Waals surface area contributed by atoms with Crippen LogP contribution in [0.4, 0.5) is 5.69 Å². The quantitative estimate of drug-likeness (QED) is 0.833. The molecule has 0 radical (unpaired) electrons. The number of halogens is 1. The summed E-state index contributed by atoms with van der Waals surface area (Å²) in [6.07, 6.45) is 3.35. The molecule has 18 heavy (non-hydrogen) atoms. The van der Waals surface area contributed by atoms with Crippen LogP contribution in [0.3, 0.4) is 0 Å². The lowest BCUT2D eigenvalue weighted by Gasteiger charge is -2.07. The lowest BCUT2D eigenvalue weighted by molar-refractivity contribution is 0.0952. The highest BCUT2D eigenvalue weighted by Gasteiger charge is 2.09. The maximum absolute atomic E-state index is 11.9. The molecule has 92 valence electrons. The lowest BCUT2D eigenvalue weighted by Crippen LogP contribution is -2.23. The minimum atomic E-state index is -0.244. The monoisotopic (exact) mass is 261 g/mol. The molecular weight excluding hydrogens is 250 g/mol. The number of nitrogens with two attached hydrogens (primary N) is 1. The Morgan fingerprint density at radius 1 is 1.28 bits per heavy atom. The highest BCUT2D eigenvalue weighted by atomic mass is 35.5. The number of carbonyl (C=O) groups is 1. The van der Waals surface area contributed by atoms with Crippen molar-refractivity contribution >= 4 is 23.2 Å². The Bertz CT molecular complexity index is 557. The van der Waals surface area contributed by atoms with Crippen LogP contribution in [0.5, 0.6) is 0 Å². The molecule has 0 spiro atoms. The first-order valence-corrected chi connectivity index (χ1v) is 5.77. The van der Waals surface area contributed by atoms with Crippen LogP contribution in [0.1, 0.15) is 15.9 Å². The third kappa shape index (κ3) is 2.99. The zero-order chi connectivity index (χ0) is 13.0. The van der Waals surface area contributed by atoms with E-state index < -0.39 is 0 Å². The maximum Gasteiger partial charge on any atom is 0.253 e. The summed E-state index contributed by atoms with van der Waals surface area (Å²) >= 11 is 5.83. The van der Waals surface area contributed by atoms with Gasteiger partial charge >= 0.3 is 0 Å². The highest BCUT2D eigenvalue weighted by molar-refractivity contribution is 6.31. The second-order valence-corrected chi connectivity index (χ2v) is 4.21. The van der Waals surface area contributed by atoms with E-state index in [9.17, 15) is 4.79 Å². The van der Waals surface area contributed by atoms with Crippen LogP contribution < -0.4 is 11.1 Å². The van der Waals surface area contributed by atoms with Gasteiger partial charge in [0, 0.05) is 29.6 Å². The van der Waals surface area contributed by atoms with Crippen LogP contribution in [0.2, 0.25) is 5.02 Å². The van der Waals surface area contributed by atoms with Gasteiger partial charge in [0.15, 0.2) is 0 Å².